The van der Waals surface area contributed by atoms with Gasteiger partial charge in [0.05, 0.1) is 0 Å². The van der Waals surface area contributed by atoms with Gasteiger partial charge in [0.25, 0.3) is 0 Å². The monoisotopic (exact) mass is 278 g/mol. The lowest BCUT2D eigenvalue weighted by Gasteiger charge is -2.34. The predicted octanol–water partition coefficient (Wildman–Crippen LogP) is 3.69. The zero-order valence-electron chi connectivity index (χ0n) is 12.7. The minimum Gasteiger partial charge on any atom is -0.326 e. The first-order chi connectivity index (χ1) is 9.65. The number of hydrogen-bond acceptors (Lipinski definition) is 2. The highest BCUT2D eigenvalue weighted by molar-refractivity contribution is 5.25. The van der Waals surface area contributed by atoms with Crippen molar-refractivity contribution in [1.82, 2.24) is 4.90 Å². The summed E-state index contributed by atoms with van der Waals surface area (Å²) in [5.74, 6) is 0.779. The molecular weight excluding hydrogens is 251 g/mol. The molecule has 1 aromatic rings. The van der Waals surface area contributed by atoms with E-state index in [2.05, 4.69) is 18.9 Å². The van der Waals surface area contributed by atoms with Crippen molar-refractivity contribution < 1.29 is 4.39 Å². The van der Waals surface area contributed by atoms with Crippen molar-refractivity contribution in [2.45, 2.75) is 58.2 Å². The Hall–Kier alpha value is -0.930. The summed E-state index contributed by atoms with van der Waals surface area (Å²) >= 11 is 0. The third-order valence-electron chi connectivity index (χ3n) is 4.82. The molecule has 1 aliphatic rings. The van der Waals surface area contributed by atoms with Crippen LogP contribution in [0.2, 0.25) is 0 Å². The van der Waals surface area contributed by atoms with Crippen molar-refractivity contribution >= 4 is 0 Å². The Morgan fingerprint density at radius 1 is 1.20 bits per heavy atom. The molecule has 0 atom stereocenters. The van der Waals surface area contributed by atoms with Crippen molar-refractivity contribution in [1.29, 1.82) is 0 Å². The number of halogens is 1. The Balaban J connectivity index is 1.96. The third-order valence-corrected chi connectivity index (χ3v) is 4.82. The van der Waals surface area contributed by atoms with Gasteiger partial charge in [0.2, 0.25) is 0 Å². The van der Waals surface area contributed by atoms with Gasteiger partial charge < -0.3 is 5.73 Å². The Kier molecular flexibility index (Phi) is 5.55. The summed E-state index contributed by atoms with van der Waals surface area (Å²) in [4.78, 5) is 2.31. The first kappa shape index (κ1) is 15.5. The van der Waals surface area contributed by atoms with Gasteiger partial charge in [-0.1, -0.05) is 31.5 Å². The van der Waals surface area contributed by atoms with Crippen LogP contribution in [0.5, 0.6) is 0 Å². The summed E-state index contributed by atoms with van der Waals surface area (Å²) in [6.07, 6.45) is 6.41. The van der Waals surface area contributed by atoms with Crippen molar-refractivity contribution in [3.8, 4) is 0 Å². The fourth-order valence-corrected chi connectivity index (χ4v) is 3.30. The molecule has 1 aliphatic carbocycles. The van der Waals surface area contributed by atoms with Gasteiger partial charge in [-0.15, -0.1) is 0 Å². The van der Waals surface area contributed by atoms with Crippen LogP contribution in [0.25, 0.3) is 0 Å². The molecule has 112 valence electrons. The van der Waals surface area contributed by atoms with E-state index in [-0.39, 0.29) is 12.4 Å². The lowest BCUT2D eigenvalue weighted by atomic mass is 9.84. The van der Waals surface area contributed by atoms with E-state index in [0.29, 0.717) is 18.2 Å². The second kappa shape index (κ2) is 7.19. The first-order valence-electron chi connectivity index (χ1n) is 7.82. The van der Waals surface area contributed by atoms with Gasteiger partial charge in [-0.25, -0.2) is 4.39 Å². The van der Waals surface area contributed by atoms with Crippen molar-refractivity contribution in [2.75, 3.05) is 7.05 Å². The maximum Gasteiger partial charge on any atom is 0.132 e. The first-order valence-corrected chi connectivity index (χ1v) is 7.82. The SMILES string of the molecule is CCC1CCC(N(C)Cc2cccc(CN)c2F)CC1. The van der Waals surface area contributed by atoms with Crippen LogP contribution in [-0.4, -0.2) is 18.0 Å². The molecule has 0 spiro atoms. The molecule has 1 aromatic carbocycles. The van der Waals surface area contributed by atoms with Gasteiger partial charge in [0.1, 0.15) is 5.82 Å². The Morgan fingerprint density at radius 3 is 2.45 bits per heavy atom. The van der Waals surface area contributed by atoms with Crippen LogP contribution >= 0.6 is 0 Å². The van der Waals surface area contributed by atoms with Crippen molar-refractivity contribution in [3.05, 3.63) is 35.1 Å². The van der Waals surface area contributed by atoms with Gasteiger partial charge in [-0.2, -0.15) is 0 Å². The Labute approximate surface area is 122 Å². The van der Waals surface area contributed by atoms with Crippen molar-refractivity contribution in [3.63, 3.8) is 0 Å². The summed E-state index contributed by atoms with van der Waals surface area (Å²) in [5.41, 5.74) is 6.96. The van der Waals surface area contributed by atoms with E-state index in [1.165, 1.54) is 32.1 Å². The molecule has 0 saturated heterocycles. The van der Waals surface area contributed by atoms with Crippen LogP contribution in [0, 0.1) is 11.7 Å². The van der Waals surface area contributed by atoms with Gasteiger partial charge >= 0.3 is 0 Å². The highest BCUT2D eigenvalue weighted by atomic mass is 19.1. The van der Waals surface area contributed by atoms with E-state index in [1.807, 2.05) is 12.1 Å². The largest absolute Gasteiger partial charge is 0.326 e. The third kappa shape index (κ3) is 3.58. The summed E-state index contributed by atoms with van der Waals surface area (Å²) in [7, 11) is 2.12. The van der Waals surface area contributed by atoms with Crippen LogP contribution in [0.15, 0.2) is 18.2 Å². The molecule has 0 amide bonds. The Morgan fingerprint density at radius 2 is 1.85 bits per heavy atom. The fraction of sp³-hybridized carbons (Fsp3) is 0.647. The van der Waals surface area contributed by atoms with Gasteiger partial charge in [-0.05, 0) is 38.6 Å². The smallest absolute Gasteiger partial charge is 0.132 e. The van der Waals surface area contributed by atoms with E-state index < -0.39 is 0 Å². The van der Waals surface area contributed by atoms with E-state index >= 15 is 0 Å². The second-order valence-corrected chi connectivity index (χ2v) is 6.09. The number of nitrogens with zero attached hydrogens (tertiary/aromatic N) is 1. The average Bonchev–Trinajstić information content (AvgIpc) is 2.49. The van der Waals surface area contributed by atoms with E-state index in [4.69, 9.17) is 5.73 Å². The molecule has 0 heterocycles. The standard InChI is InChI=1S/C17H27FN2/c1-3-13-7-9-16(10-8-13)20(2)12-15-6-4-5-14(11-19)17(15)18/h4-6,13,16H,3,7-12,19H2,1-2H3. The molecular formula is C17H27FN2. The highest BCUT2D eigenvalue weighted by Gasteiger charge is 2.23. The molecule has 2 rings (SSSR count). The molecule has 2 nitrogen and oxygen atoms in total. The minimum absolute atomic E-state index is 0.121. The number of nitrogens with two attached hydrogens (primary N) is 1. The molecule has 1 fully saturated rings. The van der Waals surface area contributed by atoms with E-state index in [0.717, 1.165) is 11.5 Å². The summed E-state index contributed by atoms with van der Waals surface area (Å²) in [6.45, 7) is 3.23. The van der Waals surface area contributed by atoms with E-state index in [1.54, 1.807) is 6.07 Å². The normalized spacial score (nSPS) is 23.2. The lowest BCUT2D eigenvalue weighted by molar-refractivity contribution is 0.156. The Bertz CT molecular complexity index is 425. The van der Waals surface area contributed by atoms with Crippen LogP contribution < -0.4 is 5.73 Å². The topological polar surface area (TPSA) is 29.3 Å². The van der Waals surface area contributed by atoms with Crippen LogP contribution in [-0.2, 0) is 13.1 Å². The van der Waals surface area contributed by atoms with Crippen LogP contribution in [0.3, 0.4) is 0 Å². The molecule has 3 heteroatoms. The highest BCUT2D eigenvalue weighted by Crippen LogP contribution is 2.29. The van der Waals surface area contributed by atoms with Crippen molar-refractivity contribution in [2.24, 2.45) is 11.7 Å². The maximum absolute atomic E-state index is 14.2. The molecule has 0 aliphatic heterocycles. The number of benzene rings is 1. The predicted molar refractivity (Wildman–Crippen MR) is 81.8 cm³/mol. The summed E-state index contributed by atoms with van der Waals surface area (Å²) < 4.78 is 14.2. The average molecular weight is 278 g/mol. The molecule has 0 bridgehead atoms. The van der Waals surface area contributed by atoms with Crippen LogP contribution in [0.4, 0.5) is 4.39 Å². The lowest BCUT2D eigenvalue weighted by Crippen LogP contribution is -2.35. The number of rotatable bonds is 5. The summed E-state index contributed by atoms with van der Waals surface area (Å²) in [5, 5.41) is 0. The molecule has 1 saturated carbocycles. The zero-order valence-corrected chi connectivity index (χ0v) is 12.7. The van der Waals surface area contributed by atoms with E-state index in [9.17, 15) is 4.39 Å². The molecule has 2 N–H and O–H groups in total. The number of hydrogen-bond donors (Lipinski definition) is 1. The van der Waals surface area contributed by atoms with Gasteiger partial charge in [-0.3, -0.25) is 4.90 Å². The molecule has 0 aromatic heterocycles. The minimum atomic E-state index is -0.121. The maximum atomic E-state index is 14.2. The van der Waals surface area contributed by atoms with Gasteiger partial charge in [0.15, 0.2) is 0 Å². The zero-order chi connectivity index (χ0) is 14.5. The van der Waals surface area contributed by atoms with Crippen LogP contribution in [0.1, 0.15) is 50.2 Å². The molecule has 0 radical (unpaired) electrons. The fourth-order valence-electron chi connectivity index (χ4n) is 3.30. The second-order valence-electron chi connectivity index (χ2n) is 6.09. The quantitative estimate of drug-likeness (QED) is 0.890. The van der Waals surface area contributed by atoms with Gasteiger partial charge in [0, 0.05) is 30.3 Å². The summed E-state index contributed by atoms with van der Waals surface area (Å²) in [6, 6.07) is 6.15. The molecule has 0 unspecified atom stereocenters. The molecule has 20 heavy (non-hydrogen) atoms.